The van der Waals surface area contributed by atoms with E-state index in [0.717, 1.165) is 12.8 Å². The third kappa shape index (κ3) is 3.38. The molecule has 2 rings (SSSR count). The summed E-state index contributed by atoms with van der Waals surface area (Å²) in [7, 11) is 0. The van der Waals surface area contributed by atoms with Gasteiger partial charge in [0.25, 0.3) is 5.91 Å². The molecular weight excluding hydrogens is 252 g/mol. The fourth-order valence-corrected chi connectivity index (χ4v) is 2.55. The van der Waals surface area contributed by atoms with Crippen LogP contribution in [0.15, 0.2) is 18.2 Å². The highest BCUT2D eigenvalue weighted by atomic mass is 16.2. The van der Waals surface area contributed by atoms with Gasteiger partial charge < -0.3 is 10.6 Å². The van der Waals surface area contributed by atoms with Crippen molar-refractivity contribution in [2.24, 2.45) is 0 Å². The quantitative estimate of drug-likeness (QED) is 0.880. The van der Waals surface area contributed by atoms with Gasteiger partial charge in [-0.3, -0.25) is 9.59 Å². The van der Waals surface area contributed by atoms with E-state index in [1.54, 1.807) is 6.92 Å². The first kappa shape index (κ1) is 14.6. The van der Waals surface area contributed by atoms with Crippen molar-refractivity contribution in [3.63, 3.8) is 0 Å². The second-order valence-electron chi connectivity index (χ2n) is 5.28. The lowest BCUT2D eigenvalue weighted by Gasteiger charge is -2.17. The highest BCUT2D eigenvalue weighted by Crippen LogP contribution is 2.22. The Bertz CT molecular complexity index is 511. The standard InChI is InChI=1S/C16H22N2O2/c1-3-17-15(19)11(2)18-16(20)14-9-8-12-6-4-5-7-13(12)10-14/h8-11H,3-7H2,1-2H3,(H,17,19)(H,18,20). The van der Waals surface area contributed by atoms with Crippen LogP contribution in [0.4, 0.5) is 0 Å². The Kier molecular flexibility index (Phi) is 4.77. The first-order chi connectivity index (χ1) is 9.61. The number of carbonyl (C=O) groups is 2. The van der Waals surface area contributed by atoms with Crippen molar-refractivity contribution in [1.82, 2.24) is 10.6 Å². The molecule has 108 valence electrons. The number of likely N-dealkylation sites (N-methyl/N-ethyl adjacent to an activating group) is 1. The van der Waals surface area contributed by atoms with Crippen LogP contribution in [-0.2, 0) is 17.6 Å². The Morgan fingerprint density at radius 1 is 1.20 bits per heavy atom. The lowest BCUT2D eigenvalue weighted by molar-refractivity contribution is -0.122. The van der Waals surface area contributed by atoms with Crippen molar-refractivity contribution in [1.29, 1.82) is 0 Å². The largest absolute Gasteiger partial charge is 0.355 e. The van der Waals surface area contributed by atoms with Crippen molar-refractivity contribution >= 4 is 11.8 Å². The second-order valence-corrected chi connectivity index (χ2v) is 5.28. The number of rotatable bonds is 4. The number of carbonyl (C=O) groups excluding carboxylic acids is 2. The summed E-state index contributed by atoms with van der Waals surface area (Å²) in [6, 6.07) is 5.34. The molecule has 1 unspecified atom stereocenters. The van der Waals surface area contributed by atoms with Crippen molar-refractivity contribution < 1.29 is 9.59 Å². The minimum Gasteiger partial charge on any atom is -0.355 e. The summed E-state index contributed by atoms with van der Waals surface area (Å²) in [5.74, 6) is -0.337. The van der Waals surface area contributed by atoms with Crippen molar-refractivity contribution in [3.8, 4) is 0 Å². The monoisotopic (exact) mass is 274 g/mol. The molecule has 0 aromatic heterocycles. The van der Waals surface area contributed by atoms with E-state index >= 15 is 0 Å². The van der Waals surface area contributed by atoms with Crippen LogP contribution in [0.5, 0.6) is 0 Å². The summed E-state index contributed by atoms with van der Waals surface area (Å²) in [5, 5.41) is 5.43. The molecule has 2 N–H and O–H groups in total. The van der Waals surface area contributed by atoms with E-state index in [0.29, 0.717) is 12.1 Å². The summed E-state index contributed by atoms with van der Waals surface area (Å²) >= 11 is 0. The molecule has 1 aromatic carbocycles. The van der Waals surface area contributed by atoms with Gasteiger partial charge in [0.1, 0.15) is 6.04 Å². The Labute approximate surface area is 119 Å². The molecule has 20 heavy (non-hydrogen) atoms. The molecule has 0 fully saturated rings. The number of aryl methyl sites for hydroxylation is 2. The Hall–Kier alpha value is -1.84. The Morgan fingerprint density at radius 3 is 2.60 bits per heavy atom. The van der Waals surface area contributed by atoms with Crippen LogP contribution in [0.25, 0.3) is 0 Å². The predicted octanol–water partition coefficient (Wildman–Crippen LogP) is 1.82. The molecular formula is C16H22N2O2. The zero-order valence-electron chi connectivity index (χ0n) is 12.2. The van der Waals surface area contributed by atoms with E-state index in [9.17, 15) is 9.59 Å². The zero-order valence-corrected chi connectivity index (χ0v) is 12.2. The van der Waals surface area contributed by atoms with Gasteiger partial charge in [-0.2, -0.15) is 0 Å². The van der Waals surface area contributed by atoms with E-state index in [4.69, 9.17) is 0 Å². The molecule has 4 nitrogen and oxygen atoms in total. The normalized spacial score (nSPS) is 15.1. The van der Waals surface area contributed by atoms with Gasteiger partial charge in [0.15, 0.2) is 0 Å². The molecule has 2 amide bonds. The van der Waals surface area contributed by atoms with Gasteiger partial charge in [-0.15, -0.1) is 0 Å². The fourth-order valence-electron chi connectivity index (χ4n) is 2.55. The minimum absolute atomic E-state index is 0.154. The predicted molar refractivity (Wildman–Crippen MR) is 78.7 cm³/mol. The summed E-state index contributed by atoms with van der Waals surface area (Å²) in [5.41, 5.74) is 3.26. The maximum absolute atomic E-state index is 12.2. The number of benzene rings is 1. The fraction of sp³-hybridized carbons (Fsp3) is 0.500. The SMILES string of the molecule is CCNC(=O)C(C)NC(=O)c1ccc2c(c1)CCCC2. The van der Waals surface area contributed by atoms with Crippen LogP contribution in [0.3, 0.4) is 0 Å². The maximum Gasteiger partial charge on any atom is 0.251 e. The van der Waals surface area contributed by atoms with E-state index in [2.05, 4.69) is 10.6 Å². The molecule has 1 aliphatic rings. The van der Waals surface area contributed by atoms with Gasteiger partial charge in [-0.1, -0.05) is 6.07 Å². The van der Waals surface area contributed by atoms with Crippen LogP contribution < -0.4 is 10.6 Å². The second kappa shape index (κ2) is 6.55. The van der Waals surface area contributed by atoms with Crippen molar-refractivity contribution in [2.45, 2.75) is 45.6 Å². The number of fused-ring (bicyclic) bond motifs is 1. The number of nitrogens with one attached hydrogen (secondary N) is 2. The van der Waals surface area contributed by atoms with Gasteiger partial charge in [-0.05, 0) is 62.8 Å². The van der Waals surface area contributed by atoms with E-state index in [1.807, 2.05) is 25.1 Å². The summed E-state index contributed by atoms with van der Waals surface area (Å²) in [4.78, 5) is 23.8. The minimum atomic E-state index is -0.515. The Balaban J connectivity index is 2.04. The lowest BCUT2D eigenvalue weighted by Crippen LogP contribution is -2.44. The molecule has 1 aromatic rings. The average Bonchev–Trinajstić information content (AvgIpc) is 2.46. The third-order valence-corrected chi connectivity index (χ3v) is 3.70. The third-order valence-electron chi connectivity index (χ3n) is 3.70. The van der Waals surface area contributed by atoms with E-state index in [-0.39, 0.29) is 11.8 Å². The molecule has 0 spiro atoms. The average molecular weight is 274 g/mol. The van der Waals surface area contributed by atoms with Crippen LogP contribution in [0.1, 0.15) is 48.2 Å². The first-order valence-corrected chi connectivity index (χ1v) is 7.32. The summed E-state index contributed by atoms with van der Waals surface area (Å²) in [6.45, 7) is 4.12. The number of amides is 2. The highest BCUT2D eigenvalue weighted by Gasteiger charge is 2.17. The van der Waals surface area contributed by atoms with Gasteiger partial charge in [0, 0.05) is 12.1 Å². The lowest BCUT2D eigenvalue weighted by atomic mass is 9.90. The molecule has 0 saturated carbocycles. The van der Waals surface area contributed by atoms with Crippen LogP contribution in [0.2, 0.25) is 0 Å². The number of hydrogen-bond acceptors (Lipinski definition) is 2. The van der Waals surface area contributed by atoms with E-state index in [1.165, 1.54) is 24.0 Å². The van der Waals surface area contributed by atoms with Crippen molar-refractivity contribution in [3.05, 3.63) is 34.9 Å². The molecule has 0 bridgehead atoms. The van der Waals surface area contributed by atoms with Gasteiger partial charge in [0.2, 0.25) is 5.91 Å². The molecule has 1 aliphatic carbocycles. The van der Waals surface area contributed by atoms with Crippen LogP contribution in [-0.4, -0.2) is 24.4 Å². The molecule has 1 atom stereocenters. The van der Waals surface area contributed by atoms with Gasteiger partial charge >= 0.3 is 0 Å². The molecule has 0 aliphatic heterocycles. The van der Waals surface area contributed by atoms with Crippen LogP contribution >= 0.6 is 0 Å². The highest BCUT2D eigenvalue weighted by molar-refractivity contribution is 5.97. The molecule has 0 saturated heterocycles. The van der Waals surface area contributed by atoms with Gasteiger partial charge in [-0.25, -0.2) is 0 Å². The van der Waals surface area contributed by atoms with Crippen molar-refractivity contribution in [2.75, 3.05) is 6.54 Å². The maximum atomic E-state index is 12.2. The van der Waals surface area contributed by atoms with E-state index < -0.39 is 6.04 Å². The number of hydrogen-bond donors (Lipinski definition) is 2. The van der Waals surface area contributed by atoms with Crippen LogP contribution in [0, 0.1) is 0 Å². The smallest absolute Gasteiger partial charge is 0.251 e. The first-order valence-electron chi connectivity index (χ1n) is 7.32. The molecule has 0 heterocycles. The summed E-state index contributed by atoms with van der Waals surface area (Å²) in [6.07, 6.45) is 4.56. The Morgan fingerprint density at radius 2 is 1.90 bits per heavy atom. The molecule has 0 radical (unpaired) electrons. The topological polar surface area (TPSA) is 58.2 Å². The van der Waals surface area contributed by atoms with Gasteiger partial charge in [0.05, 0.1) is 0 Å². The zero-order chi connectivity index (χ0) is 14.5. The summed E-state index contributed by atoms with van der Waals surface area (Å²) < 4.78 is 0. The molecule has 4 heteroatoms.